The average Bonchev–Trinajstić information content (AvgIpc) is 3.31. The first-order valence-electron chi connectivity index (χ1n) is 11.6. The quantitative estimate of drug-likeness (QED) is 0.240. The van der Waals surface area contributed by atoms with E-state index in [1.54, 1.807) is 13.3 Å². The summed E-state index contributed by atoms with van der Waals surface area (Å²) in [4.78, 5) is 16.9. The molecule has 0 radical (unpaired) electrons. The van der Waals surface area contributed by atoms with Crippen molar-refractivity contribution in [2.24, 2.45) is 0 Å². The summed E-state index contributed by atoms with van der Waals surface area (Å²) in [5, 5.41) is 5.97. The molecule has 3 heterocycles. The van der Waals surface area contributed by atoms with Crippen molar-refractivity contribution < 1.29 is 9.15 Å². The molecule has 0 aliphatic carbocycles. The third-order valence-corrected chi connectivity index (χ3v) is 6.53. The molecule has 0 aliphatic heterocycles. The summed E-state index contributed by atoms with van der Waals surface area (Å²) >= 11 is 11.6. The summed E-state index contributed by atoms with van der Waals surface area (Å²) in [6.45, 7) is 0. The predicted octanol–water partition coefficient (Wildman–Crippen LogP) is 7.72. The Labute approximate surface area is 226 Å². The summed E-state index contributed by atoms with van der Waals surface area (Å²) in [7, 11) is 1.62. The maximum Gasteiger partial charge on any atom is 0.247 e. The molecule has 38 heavy (non-hydrogen) atoms. The monoisotopic (exact) mass is 539 g/mol. The van der Waals surface area contributed by atoms with Gasteiger partial charge < -0.3 is 14.9 Å². The summed E-state index contributed by atoms with van der Waals surface area (Å²) < 4.78 is 11.1. The zero-order valence-electron chi connectivity index (χ0n) is 20.0. The van der Waals surface area contributed by atoms with E-state index in [2.05, 4.69) is 32.1 Å². The number of halogens is 2. The van der Waals surface area contributed by atoms with Gasteiger partial charge in [0.15, 0.2) is 11.0 Å². The maximum atomic E-state index is 5.95. The molecule has 0 spiro atoms. The zero-order chi connectivity index (χ0) is 26.2. The summed E-state index contributed by atoms with van der Waals surface area (Å²) in [6.07, 6.45) is 3.02. The van der Waals surface area contributed by atoms with E-state index in [-0.39, 0.29) is 11.0 Å². The maximum absolute atomic E-state index is 5.95. The van der Waals surface area contributed by atoms with E-state index < -0.39 is 0 Å². The minimum absolute atomic E-state index is 0.269. The summed E-state index contributed by atoms with van der Waals surface area (Å²) in [5.74, 6) is 0.985. The number of furan rings is 1. The van der Waals surface area contributed by atoms with Gasteiger partial charge in [0.25, 0.3) is 0 Å². The Morgan fingerprint density at radius 2 is 1.42 bits per heavy atom. The van der Waals surface area contributed by atoms with Gasteiger partial charge in [0, 0.05) is 0 Å². The number of methoxy groups -OCH3 is 1. The van der Waals surface area contributed by atoms with Gasteiger partial charge in [-0.3, -0.25) is 0 Å². The Kier molecular flexibility index (Phi) is 6.15. The van der Waals surface area contributed by atoms with Crippen LogP contribution in [-0.2, 0) is 0 Å². The van der Waals surface area contributed by atoms with Crippen LogP contribution in [0.3, 0.4) is 0 Å². The molecule has 7 rings (SSSR count). The normalized spacial score (nSPS) is 11.1. The second-order valence-corrected chi connectivity index (χ2v) is 9.17. The Bertz CT molecular complexity index is 1970. The number of nitrogens with two attached hydrogens (primary N) is 1. The highest BCUT2D eigenvalue weighted by Gasteiger charge is 2.16. The molecule has 7 nitrogen and oxygen atoms in total. The van der Waals surface area contributed by atoms with Crippen molar-refractivity contribution in [3.63, 3.8) is 0 Å². The van der Waals surface area contributed by atoms with Crippen LogP contribution in [0.4, 0.5) is 5.82 Å². The lowest BCUT2D eigenvalue weighted by molar-refractivity contribution is 0.417. The number of nitrogen functional groups attached to an aromatic ring is 1. The fourth-order valence-electron chi connectivity index (χ4n) is 4.52. The molecular formula is C29H19Cl2N5O2. The molecule has 0 bridgehead atoms. The molecular weight excluding hydrogens is 521 g/mol. The fraction of sp³-hybridized carbons (Fsp3) is 0.0345. The number of hydrogen-bond acceptors (Lipinski definition) is 7. The van der Waals surface area contributed by atoms with E-state index >= 15 is 0 Å². The molecule has 7 aromatic rings. The SMILES string of the molecule is COc1ccc2ccccc2c1-c1ncc(Cl)nc1N.Clc1cnc2c(n1)oc1ccc3ccccc3c12. The van der Waals surface area contributed by atoms with Gasteiger partial charge in [0.05, 0.1) is 30.5 Å². The third-order valence-electron chi connectivity index (χ3n) is 6.16. The number of aromatic nitrogens is 4. The number of nitrogens with zero attached hydrogens (tertiary/aromatic N) is 4. The first-order chi connectivity index (χ1) is 18.5. The van der Waals surface area contributed by atoms with Gasteiger partial charge in [-0.15, -0.1) is 0 Å². The smallest absolute Gasteiger partial charge is 0.247 e. The van der Waals surface area contributed by atoms with Gasteiger partial charge in [-0.2, -0.15) is 4.98 Å². The van der Waals surface area contributed by atoms with Crippen molar-refractivity contribution >= 4 is 72.8 Å². The van der Waals surface area contributed by atoms with E-state index in [4.69, 9.17) is 38.1 Å². The van der Waals surface area contributed by atoms with E-state index in [1.807, 2.05) is 60.7 Å². The van der Waals surface area contributed by atoms with Crippen molar-refractivity contribution in [1.29, 1.82) is 0 Å². The lowest BCUT2D eigenvalue weighted by Crippen LogP contribution is -1.99. The van der Waals surface area contributed by atoms with Crippen LogP contribution in [0.5, 0.6) is 5.75 Å². The summed E-state index contributed by atoms with van der Waals surface area (Å²) in [5.41, 5.74) is 9.37. The number of anilines is 1. The van der Waals surface area contributed by atoms with Gasteiger partial charge in [0.1, 0.15) is 27.7 Å². The Morgan fingerprint density at radius 3 is 2.18 bits per heavy atom. The second kappa shape index (κ2) is 9.78. The number of fused-ring (bicyclic) bond motifs is 6. The second-order valence-electron chi connectivity index (χ2n) is 8.40. The van der Waals surface area contributed by atoms with Crippen LogP contribution in [-0.4, -0.2) is 27.0 Å². The Balaban J connectivity index is 0.000000140. The molecule has 3 aromatic heterocycles. The molecule has 0 unspecified atom stereocenters. The molecule has 0 fully saturated rings. The van der Waals surface area contributed by atoms with Gasteiger partial charge >= 0.3 is 0 Å². The average molecular weight is 540 g/mol. The van der Waals surface area contributed by atoms with Crippen molar-refractivity contribution in [2.75, 3.05) is 12.8 Å². The van der Waals surface area contributed by atoms with Crippen LogP contribution in [0.1, 0.15) is 0 Å². The molecule has 9 heteroatoms. The van der Waals surface area contributed by atoms with Crippen LogP contribution in [0, 0.1) is 0 Å². The first kappa shape index (κ1) is 23.9. The lowest BCUT2D eigenvalue weighted by atomic mass is 10.0. The molecule has 0 saturated carbocycles. The highest BCUT2D eigenvalue weighted by molar-refractivity contribution is 6.30. The number of hydrogen-bond donors (Lipinski definition) is 1. The first-order valence-corrected chi connectivity index (χ1v) is 12.4. The van der Waals surface area contributed by atoms with Crippen molar-refractivity contribution in [3.05, 3.63) is 95.5 Å². The van der Waals surface area contributed by atoms with Crippen molar-refractivity contribution in [3.8, 4) is 17.0 Å². The number of rotatable bonds is 2. The zero-order valence-corrected chi connectivity index (χ0v) is 21.5. The van der Waals surface area contributed by atoms with Crippen LogP contribution < -0.4 is 10.5 Å². The minimum Gasteiger partial charge on any atom is -0.496 e. The molecule has 0 atom stereocenters. The fourth-order valence-corrected chi connectivity index (χ4v) is 4.78. The Hall–Kier alpha value is -4.46. The molecule has 0 saturated heterocycles. The highest BCUT2D eigenvalue weighted by Crippen LogP contribution is 2.38. The van der Waals surface area contributed by atoms with Crippen LogP contribution >= 0.6 is 23.2 Å². The summed E-state index contributed by atoms with van der Waals surface area (Å²) in [6, 6.07) is 24.0. The van der Waals surface area contributed by atoms with Crippen molar-refractivity contribution in [2.45, 2.75) is 0 Å². The van der Waals surface area contributed by atoms with Crippen LogP contribution in [0.25, 0.3) is 55.0 Å². The largest absolute Gasteiger partial charge is 0.496 e. The number of ether oxygens (including phenoxy) is 1. The number of benzene rings is 4. The molecule has 0 aliphatic rings. The van der Waals surface area contributed by atoms with Gasteiger partial charge in [-0.25, -0.2) is 15.0 Å². The van der Waals surface area contributed by atoms with Crippen LogP contribution in [0.15, 0.2) is 89.6 Å². The molecule has 0 amide bonds. The van der Waals surface area contributed by atoms with E-state index in [0.717, 1.165) is 43.6 Å². The lowest BCUT2D eigenvalue weighted by Gasteiger charge is -2.12. The van der Waals surface area contributed by atoms with E-state index in [0.29, 0.717) is 22.3 Å². The van der Waals surface area contributed by atoms with Crippen LogP contribution in [0.2, 0.25) is 10.3 Å². The molecule has 2 N–H and O–H groups in total. The van der Waals surface area contributed by atoms with E-state index in [1.165, 1.54) is 6.20 Å². The molecule has 186 valence electrons. The van der Waals surface area contributed by atoms with Gasteiger partial charge in [-0.05, 0) is 33.7 Å². The topological polar surface area (TPSA) is 100.0 Å². The molecule has 4 aromatic carbocycles. The standard InChI is InChI=1S/C15H12ClN3O.C14H7ClN2O/c1-20-11-7-6-9-4-2-3-5-10(9)13(11)14-15(17)19-12(16)8-18-14;15-11-7-16-13-12-9-4-2-1-3-8(9)5-6-10(12)18-14(13)17-11/h2-8H,1H3,(H2,17,19);1-7H. The minimum atomic E-state index is 0.269. The Morgan fingerprint density at radius 1 is 0.763 bits per heavy atom. The van der Waals surface area contributed by atoms with Gasteiger partial charge in [-0.1, -0.05) is 83.9 Å². The highest BCUT2D eigenvalue weighted by atomic mass is 35.5. The van der Waals surface area contributed by atoms with Gasteiger partial charge in [0.2, 0.25) is 5.71 Å². The predicted molar refractivity (Wildman–Crippen MR) is 153 cm³/mol. The van der Waals surface area contributed by atoms with E-state index in [9.17, 15) is 0 Å². The third kappa shape index (κ3) is 4.22. The van der Waals surface area contributed by atoms with Crippen molar-refractivity contribution in [1.82, 2.24) is 19.9 Å².